The average Bonchev–Trinajstić information content (AvgIpc) is 3.37. The maximum Gasteiger partial charge on any atom is 0.293 e. The van der Waals surface area contributed by atoms with Crippen LogP contribution in [0.2, 0.25) is 0 Å². The van der Waals surface area contributed by atoms with Crippen LogP contribution >= 0.6 is 11.3 Å². The van der Waals surface area contributed by atoms with Crippen molar-refractivity contribution in [1.29, 1.82) is 0 Å². The number of carbonyl (C=O) groups excluding carboxylic acids is 3. The van der Waals surface area contributed by atoms with E-state index >= 15 is 0 Å². The lowest BCUT2D eigenvalue weighted by molar-refractivity contribution is -0.129. The summed E-state index contributed by atoms with van der Waals surface area (Å²) < 4.78 is 31.8. The second-order valence-corrected chi connectivity index (χ2v) is 10.2. The standard InChI is InChI=1S/C24H24N2O6S2/c1-17(18-7-4-8-19(14-18)23(28)22-10-5-12-33-22)24(29)26-34(30,31)13-11-25-21-9-3-2-6-20(21)15-32-16-27/h2-10,12,14,16-17,25H,11,13,15H2,1H3,(H,26,29). The Labute approximate surface area is 202 Å². The quantitative estimate of drug-likeness (QED) is 0.289. The lowest BCUT2D eigenvalue weighted by atomic mass is 9.97. The molecular formula is C24H24N2O6S2. The van der Waals surface area contributed by atoms with Crippen LogP contribution in [0.15, 0.2) is 66.0 Å². The van der Waals surface area contributed by atoms with Gasteiger partial charge < -0.3 is 10.1 Å². The number of amides is 1. The third-order valence-corrected chi connectivity index (χ3v) is 7.18. The molecule has 0 aliphatic heterocycles. The number of nitrogens with one attached hydrogen (secondary N) is 2. The first-order valence-corrected chi connectivity index (χ1v) is 12.9. The molecule has 2 N–H and O–H groups in total. The highest BCUT2D eigenvalue weighted by Gasteiger charge is 2.22. The van der Waals surface area contributed by atoms with Gasteiger partial charge in [-0.1, -0.05) is 42.5 Å². The van der Waals surface area contributed by atoms with Crippen LogP contribution in [0.1, 0.15) is 39.2 Å². The molecule has 0 fully saturated rings. The third kappa shape index (κ3) is 6.75. The van der Waals surface area contributed by atoms with Gasteiger partial charge in [-0.15, -0.1) is 11.3 Å². The molecule has 0 bridgehead atoms. The van der Waals surface area contributed by atoms with Crippen LogP contribution in [-0.2, 0) is 31.0 Å². The molecule has 1 unspecified atom stereocenters. The van der Waals surface area contributed by atoms with E-state index in [9.17, 15) is 22.8 Å². The molecule has 1 heterocycles. The van der Waals surface area contributed by atoms with Crippen molar-refractivity contribution < 1.29 is 27.5 Å². The zero-order valence-electron chi connectivity index (χ0n) is 18.4. The van der Waals surface area contributed by atoms with Crippen LogP contribution in [0.25, 0.3) is 0 Å². The van der Waals surface area contributed by atoms with Gasteiger partial charge in [0.15, 0.2) is 0 Å². The van der Waals surface area contributed by atoms with Gasteiger partial charge in [-0.3, -0.25) is 19.1 Å². The second kappa shape index (κ2) is 11.6. The Hall–Kier alpha value is -3.50. The molecule has 0 aliphatic carbocycles. The van der Waals surface area contributed by atoms with Crippen LogP contribution in [0, 0.1) is 0 Å². The molecular weight excluding hydrogens is 476 g/mol. The number of hydrogen-bond donors (Lipinski definition) is 2. The Kier molecular flexibility index (Phi) is 8.55. The van der Waals surface area contributed by atoms with Gasteiger partial charge >= 0.3 is 0 Å². The summed E-state index contributed by atoms with van der Waals surface area (Å²) in [5.74, 6) is -1.95. The highest BCUT2D eigenvalue weighted by atomic mass is 32.2. The van der Waals surface area contributed by atoms with Crippen LogP contribution < -0.4 is 10.0 Å². The fourth-order valence-corrected chi connectivity index (χ4v) is 4.85. The van der Waals surface area contributed by atoms with E-state index < -0.39 is 21.8 Å². The van der Waals surface area contributed by atoms with Crippen molar-refractivity contribution in [1.82, 2.24) is 4.72 Å². The van der Waals surface area contributed by atoms with Crippen LogP contribution in [0.3, 0.4) is 0 Å². The maximum absolute atomic E-state index is 12.6. The van der Waals surface area contributed by atoms with E-state index in [-0.39, 0.29) is 24.7 Å². The summed E-state index contributed by atoms with van der Waals surface area (Å²) in [4.78, 5) is 36.2. The average molecular weight is 501 g/mol. The smallest absolute Gasteiger partial charge is 0.293 e. The van der Waals surface area contributed by atoms with Crippen molar-refractivity contribution in [3.63, 3.8) is 0 Å². The van der Waals surface area contributed by atoms with Crippen molar-refractivity contribution in [2.45, 2.75) is 19.4 Å². The largest absolute Gasteiger partial charge is 0.463 e. The number of anilines is 1. The van der Waals surface area contributed by atoms with Crippen LogP contribution in [0.4, 0.5) is 5.69 Å². The summed E-state index contributed by atoms with van der Waals surface area (Å²) in [6, 6.07) is 17.2. The summed E-state index contributed by atoms with van der Waals surface area (Å²) in [6.07, 6.45) is 0. The number of thiophene rings is 1. The molecule has 178 valence electrons. The molecule has 2 aromatic carbocycles. The summed E-state index contributed by atoms with van der Waals surface area (Å²) in [7, 11) is -3.91. The van der Waals surface area contributed by atoms with Crippen molar-refractivity contribution in [2.75, 3.05) is 17.6 Å². The molecule has 3 rings (SSSR count). The van der Waals surface area contributed by atoms with E-state index in [1.165, 1.54) is 11.3 Å². The predicted molar refractivity (Wildman–Crippen MR) is 130 cm³/mol. The molecule has 0 aliphatic rings. The van der Waals surface area contributed by atoms with E-state index in [1.807, 2.05) is 5.38 Å². The lowest BCUT2D eigenvalue weighted by Gasteiger charge is -2.15. The highest BCUT2D eigenvalue weighted by Crippen LogP contribution is 2.21. The summed E-state index contributed by atoms with van der Waals surface area (Å²) >= 11 is 1.33. The Balaban J connectivity index is 1.59. The molecule has 1 aromatic heterocycles. The molecule has 3 aromatic rings. The lowest BCUT2D eigenvalue weighted by Crippen LogP contribution is -2.37. The summed E-state index contributed by atoms with van der Waals surface area (Å²) in [5.41, 5.74) is 2.30. The minimum atomic E-state index is -3.91. The SMILES string of the molecule is CC(C(=O)NS(=O)(=O)CCNc1ccccc1COC=O)c1cccc(C(=O)c2cccs2)c1. The summed E-state index contributed by atoms with van der Waals surface area (Å²) in [5, 5.41) is 4.79. The third-order valence-electron chi connectivity index (χ3n) is 5.05. The number of hydrogen-bond acceptors (Lipinski definition) is 8. The number of carbonyl (C=O) groups is 3. The monoisotopic (exact) mass is 500 g/mol. The fourth-order valence-electron chi connectivity index (χ4n) is 3.21. The van der Waals surface area contributed by atoms with Crippen molar-refractivity contribution >= 4 is 45.2 Å². The highest BCUT2D eigenvalue weighted by molar-refractivity contribution is 7.90. The fraction of sp³-hybridized carbons (Fsp3) is 0.208. The number of rotatable bonds is 12. The Bertz CT molecular complexity index is 1260. The number of benzene rings is 2. The van der Waals surface area contributed by atoms with E-state index in [4.69, 9.17) is 4.74 Å². The van der Waals surface area contributed by atoms with E-state index in [0.29, 0.717) is 33.7 Å². The van der Waals surface area contributed by atoms with Gasteiger partial charge in [0.2, 0.25) is 21.7 Å². The van der Waals surface area contributed by atoms with Gasteiger partial charge in [0.05, 0.1) is 16.5 Å². The number of ether oxygens (including phenoxy) is 1. The topological polar surface area (TPSA) is 119 Å². The van der Waals surface area contributed by atoms with E-state index in [0.717, 1.165) is 0 Å². The molecule has 0 saturated heterocycles. The predicted octanol–water partition coefficient (Wildman–Crippen LogP) is 3.31. The molecule has 8 nitrogen and oxygen atoms in total. The van der Waals surface area contributed by atoms with Gasteiger partial charge in [-0.05, 0) is 36.1 Å². The Morgan fingerprint density at radius 1 is 1.09 bits per heavy atom. The number of ketones is 1. The second-order valence-electron chi connectivity index (χ2n) is 7.43. The Morgan fingerprint density at radius 2 is 1.88 bits per heavy atom. The molecule has 0 saturated carbocycles. The number of sulfonamides is 1. The van der Waals surface area contributed by atoms with Crippen molar-refractivity contribution in [2.24, 2.45) is 0 Å². The minimum absolute atomic E-state index is 0.0416. The zero-order valence-corrected chi connectivity index (χ0v) is 20.0. The van der Waals surface area contributed by atoms with E-state index in [1.54, 1.807) is 67.6 Å². The zero-order chi connectivity index (χ0) is 24.6. The molecule has 34 heavy (non-hydrogen) atoms. The normalized spacial score (nSPS) is 11.9. The summed E-state index contributed by atoms with van der Waals surface area (Å²) in [6.45, 7) is 2.02. The van der Waals surface area contributed by atoms with Crippen molar-refractivity contribution in [3.05, 3.63) is 87.6 Å². The molecule has 1 atom stereocenters. The molecule has 1 amide bonds. The van der Waals surface area contributed by atoms with Gasteiger partial charge in [0.1, 0.15) is 6.61 Å². The first-order valence-electron chi connectivity index (χ1n) is 10.4. The van der Waals surface area contributed by atoms with E-state index in [2.05, 4.69) is 10.0 Å². The van der Waals surface area contributed by atoms with Gasteiger partial charge in [-0.2, -0.15) is 0 Å². The first kappa shape index (κ1) is 25.1. The minimum Gasteiger partial charge on any atom is -0.463 e. The maximum atomic E-state index is 12.6. The molecule has 10 heteroatoms. The van der Waals surface area contributed by atoms with Gasteiger partial charge in [0, 0.05) is 23.4 Å². The Morgan fingerprint density at radius 3 is 2.62 bits per heavy atom. The van der Waals surface area contributed by atoms with Crippen LogP contribution in [-0.4, -0.2) is 38.9 Å². The van der Waals surface area contributed by atoms with Gasteiger partial charge in [0.25, 0.3) is 6.47 Å². The molecule has 0 spiro atoms. The van der Waals surface area contributed by atoms with Crippen molar-refractivity contribution in [3.8, 4) is 0 Å². The first-order chi connectivity index (χ1) is 16.3. The van der Waals surface area contributed by atoms with Gasteiger partial charge in [-0.25, -0.2) is 8.42 Å². The number of para-hydroxylation sites is 1. The molecule has 0 radical (unpaired) electrons. The van der Waals surface area contributed by atoms with Crippen LogP contribution in [0.5, 0.6) is 0 Å².